The molecule has 0 radical (unpaired) electrons. The summed E-state index contributed by atoms with van der Waals surface area (Å²) in [6, 6.07) is 0. The molecule has 0 atom stereocenters. The second-order valence-corrected chi connectivity index (χ2v) is 0.408. The van der Waals surface area contributed by atoms with Gasteiger partial charge in [0.1, 0.15) is 0 Å². The van der Waals surface area contributed by atoms with Gasteiger partial charge in [0.2, 0.25) is 24.3 Å². The molecular formula is C4H4N4O4. The van der Waals surface area contributed by atoms with Crippen molar-refractivity contribution in [2.45, 2.75) is 0 Å². The standard InChI is InChI=1S/4CHNO/c4*2-1-3/h4*2H. The molecule has 0 amide bonds. The molecule has 4 N–H and O–H groups in total. The Morgan fingerprint density at radius 3 is 0.500 bits per heavy atom. The van der Waals surface area contributed by atoms with E-state index in [1.165, 1.54) is 0 Å². The summed E-state index contributed by atoms with van der Waals surface area (Å²) in [4.78, 5) is 33.4. The number of isocyanates is 4. The fourth-order valence-electron chi connectivity index (χ4n) is 0. The van der Waals surface area contributed by atoms with E-state index in [0.717, 1.165) is 24.3 Å². The highest BCUT2D eigenvalue weighted by Gasteiger charge is 1.04. The van der Waals surface area contributed by atoms with Gasteiger partial charge < -0.3 is 0 Å². The monoisotopic (exact) mass is 172 g/mol. The predicted molar refractivity (Wildman–Crippen MR) is 33.7 cm³/mol. The van der Waals surface area contributed by atoms with Crippen LogP contribution < -0.4 is 0 Å². The average Bonchev–Trinajstić information content (AvgIpc) is 1.92. The van der Waals surface area contributed by atoms with E-state index < -0.39 is 0 Å². The summed E-state index contributed by atoms with van der Waals surface area (Å²) in [5.74, 6) is 0. The third-order valence-corrected chi connectivity index (χ3v) is 0. The van der Waals surface area contributed by atoms with Gasteiger partial charge in [0.15, 0.2) is 0 Å². The topological polar surface area (TPSA) is 164 Å². The first-order valence-corrected chi connectivity index (χ1v) is 1.82. The Morgan fingerprint density at radius 2 is 0.500 bits per heavy atom. The second kappa shape index (κ2) is 209. The molecule has 0 heterocycles. The third-order valence-electron chi connectivity index (χ3n) is 0. The second-order valence-electron chi connectivity index (χ2n) is 0.408. The fourth-order valence-corrected chi connectivity index (χ4v) is 0. The zero-order chi connectivity index (χ0) is 10.8. The smallest absolute Gasteiger partial charge is 0.222 e. The zero-order valence-corrected chi connectivity index (χ0v) is 5.63. The minimum absolute atomic E-state index is 0.750. The summed E-state index contributed by atoms with van der Waals surface area (Å²) in [6.45, 7) is 0. The number of hydrogen-bond donors (Lipinski definition) is 4. The molecule has 0 bridgehead atoms. The number of carbonyl (C=O) groups excluding carboxylic acids is 4. The molecule has 0 aliphatic heterocycles. The molecule has 8 nitrogen and oxygen atoms in total. The SMILES string of the molecule is N=C=O.N=C=O.N=C=O.N=C=O. The molecule has 0 saturated heterocycles. The Kier molecular flexibility index (Phi) is 394. The quantitative estimate of drug-likeness (QED) is 0.288. The van der Waals surface area contributed by atoms with Crippen LogP contribution in [0.25, 0.3) is 0 Å². The Balaban J connectivity index is -0.0000000356. The van der Waals surface area contributed by atoms with Gasteiger partial charge in [0, 0.05) is 0 Å². The fraction of sp³-hybridized carbons (Fsp3) is 0. The molecule has 0 saturated carbocycles. The number of nitrogens with one attached hydrogen (secondary N) is 4. The van der Waals surface area contributed by atoms with E-state index in [0.29, 0.717) is 0 Å². The van der Waals surface area contributed by atoms with E-state index in [2.05, 4.69) is 0 Å². The highest BCUT2D eigenvalue weighted by Crippen LogP contribution is 0.877. The molecule has 12 heavy (non-hydrogen) atoms. The van der Waals surface area contributed by atoms with Crippen LogP contribution in [0.3, 0.4) is 0 Å². The van der Waals surface area contributed by atoms with Crippen LogP contribution in [0.4, 0.5) is 0 Å². The van der Waals surface area contributed by atoms with Crippen LogP contribution in [-0.2, 0) is 19.2 Å². The highest BCUT2D eigenvalue weighted by molar-refractivity contribution is 5.26. The minimum atomic E-state index is 0.750. The van der Waals surface area contributed by atoms with Gasteiger partial charge in [-0.2, -0.15) is 0 Å². The third kappa shape index (κ3) is 52.0. The first-order valence-electron chi connectivity index (χ1n) is 1.82. The highest BCUT2D eigenvalue weighted by atomic mass is 16.1. The van der Waals surface area contributed by atoms with Crippen molar-refractivity contribution in [3.63, 3.8) is 0 Å². The molecule has 0 aromatic carbocycles. The summed E-state index contributed by atoms with van der Waals surface area (Å²) in [5, 5.41) is 21.6. The van der Waals surface area contributed by atoms with Gasteiger partial charge >= 0.3 is 0 Å². The van der Waals surface area contributed by atoms with Crippen LogP contribution in [0.2, 0.25) is 0 Å². The normalized spacial score (nSPS) is 2.67. The molecule has 0 fully saturated rings. The van der Waals surface area contributed by atoms with Gasteiger partial charge in [0.05, 0.1) is 0 Å². The van der Waals surface area contributed by atoms with Crippen molar-refractivity contribution in [2.24, 2.45) is 0 Å². The molecule has 0 rings (SSSR count). The van der Waals surface area contributed by atoms with Crippen molar-refractivity contribution in [3.8, 4) is 0 Å². The van der Waals surface area contributed by atoms with Gasteiger partial charge in [0.25, 0.3) is 0 Å². The molecule has 0 spiro atoms. The number of hydrogen-bond acceptors (Lipinski definition) is 8. The predicted octanol–water partition coefficient (Wildman–Crippen LogP) is -0.396. The molecule has 0 aromatic heterocycles. The lowest BCUT2D eigenvalue weighted by molar-refractivity contribution is 0.562. The van der Waals surface area contributed by atoms with Gasteiger partial charge in [-0.3, -0.25) is 0 Å². The number of rotatable bonds is 0. The van der Waals surface area contributed by atoms with Crippen molar-refractivity contribution in [1.29, 1.82) is 21.6 Å². The first kappa shape index (κ1) is 22.7. The van der Waals surface area contributed by atoms with Crippen LogP contribution in [0.15, 0.2) is 0 Å². The molecule has 8 heteroatoms. The molecular weight excluding hydrogens is 168 g/mol. The van der Waals surface area contributed by atoms with E-state index in [-0.39, 0.29) is 0 Å². The lowest BCUT2D eigenvalue weighted by atomic mass is 11.7. The maximum Gasteiger partial charge on any atom is 0.231 e. The minimum Gasteiger partial charge on any atom is -0.222 e. The van der Waals surface area contributed by atoms with Crippen LogP contribution in [0, 0.1) is 21.6 Å². The Morgan fingerprint density at radius 1 is 0.500 bits per heavy atom. The largest absolute Gasteiger partial charge is 0.231 e. The van der Waals surface area contributed by atoms with E-state index in [1.807, 2.05) is 0 Å². The Labute approximate surface area is 66.2 Å². The van der Waals surface area contributed by atoms with E-state index >= 15 is 0 Å². The van der Waals surface area contributed by atoms with Crippen molar-refractivity contribution in [1.82, 2.24) is 0 Å². The van der Waals surface area contributed by atoms with Crippen LogP contribution in [-0.4, -0.2) is 24.3 Å². The summed E-state index contributed by atoms with van der Waals surface area (Å²) >= 11 is 0. The lowest BCUT2D eigenvalue weighted by Gasteiger charge is -1.02. The maximum absolute atomic E-state index is 8.35. The van der Waals surface area contributed by atoms with Crippen LogP contribution in [0.1, 0.15) is 0 Å². The summed E-state index contributed by atoms with van der Waals surface area (Å²) in [6.07, 6.45) is 3.00. The first-order chi connectivity index (χ1) is 5.66. The van der Waals surface area contributed by atoms with E-state index in [9.17, 15) is 0 Å². The van der Waals surface area contributed by atoms with Crippen molar-refractivity contribution < 1.29 is 19.2 Å². The van der Waals surface area contributed by atoms with Crippen LogP contribution in [0.5, 0.6) is 0 Å². The van der Waals surface area contributed by atoms with E-state index in [1.54, 1.807) is 0 Å². The molecule has 0 aliphatic carbocycles. The van der Waals surface area contributed by atoms with Crippen LogP contribution >= 0.6 is 0 Å². The van der Waals surface area contributed by atoms with Gasteiger partial charge in [-0.15, -0.1) is 0 Å². The summed E-state index contributed by atoms with van der Waals surface area (Å²) < 4.78 is 0. The zero-order valence-electron chi connectivity index (χ0n) is 5.63. The lowest BCUT2D eigenvalue weighted by Crippen LogP contribution is -1.16. The maximum atomic E-state index is 8.35. The van der Waals surface area contributed by atoms with Crippen molar-refractivity contribution in [2.75, 3.05) is 0 Å². The van der Waals surface area contributed by atoms with Gasteiger partial charge in [-0.05, 0) is 0 Å². The van der Waals surface area contributed by atoms with Gasteiger partial charge in [-0.1, -0.05) is 0 Å². The average molecular weight is 172 g/mol. The van der Waals surface area contributed by atoms with Crippen molar-refractivity contribution >= 4 is 24.3 Å². The molecule has 0 aliphatic rings. The summed E-state index contributed by atoms with van der Waals surface area (Å²) in [5.41, 5.74) is 0. The Bertz CT molecular complexity index is 151. The van der Waals surface area contributed by atoms with Crippen molar-refractivity contribution in [3.05, 3.63) is 0 Å². The summed E-state index contributed by atoms with van der Waals surface area (Å²) in [7, 11) is 0. The van der Waals surface area contributed by atoms with E-state index in [4.69, 9.17) is 40.8 Å². The van der Waals surface area contributed by atoms with Gasteiger partial charge in [-0.25, -0.2) is 40.8 Å². The molecule has 64 valence electrons. The molecule has 0 unspecified atom stereocenters. The Hall–Kier alpha value is -2.48. The molecule has 0 aromatic rings.